The number of likely N-dealkylation sites (N-methyl/N-ethyl adjacent to an activating group) is 1. The number of anilines is 1. The molecule has 3 amide bonds. The third-order valence-electron chi connectivity index (χ3n) is 3.69. The predicted molar refractivity (Wildman–Crippen MR) is 102 cm³/mol. The normalized spacial score (nSPS) is 11.8. The highest BCUT2D eigenvalue weighted by molar-refractivity contribution is 6.31. The van der Waals surface area contributed by atoms with Crippen LogP contribution in [0.3, 0.4) is 0 Å². The van der Waals surface area contributed by atoms with Crippen LogP contribution in [0.4, 0.5) is 5.69 Å². The van der Waals surface area contributed by atoms with Crippen LogP contribution in [0.25, 0.3) is 0 Å². The lowest BCUT2D eigenvalue weighted by molar-refractivity contribution is -0.881. The van der Waals surface area contributed by atoms with Crippen molar-refractivity contribution >= 4 is 35.0 Å². The molecule has 0 saturated heterocycles. The quantitative estimate of drug-likeness (QED) is 0.488. The van der Waals surface area contributed by atoms with E-state index in [-0.39, 0.29) is 43.4 Å². The summed E-state index contributed by atoms with van der Waals surface area (Å²) in [4.78, 5) is 36.6. The number of aryl methyl sites for hydroxylation is 1. The maximum absolute atomic E-state index is 12.2. The minimum atomic E-state index is -0.271. The number of halogens is 1. The van der Waals surface area contributed by atoms with Gasteiger partial charge in [-0.1, -0.05) is 17.7 Å². The second kappa shape index (κ2) is 10.8. The lowest BCUT2D eigenvalue weighted by atomic mass is 10.2. The van der Waals surface area contributed by atoms with E-state index >= 15 is 0 Å². The first-order valence-corrected chi connectivity index (χ1v) is 9.04. The first-order valence-electron chi connectivity index (χ1n) is 8.66. The third kappa shape index (κ3) is 8.31. The van der Waals surface area contributed by atoms with Crippen LogP contribution in [-0.4, -0.2) is 49.9 Å². The van der Waals surface area contributed by atoms with E-state index in [1.807, 2.05) is 33.8 Å². The Balaban J connectivity index is 2.48. The molecule has 1 unspecified atom stereocenters. The van der Waals surface area contributed by atoms with Gasteiger partial charge in [-0.2, -0.15) is 0 Å². The molecule has 0 radical (unpaired) electrons. The molecule has 0 aromatic heterocycles. The number of rotatable bonds is 9. The Kier molecular flexibility index (Phi) is 9.09. The molecule has 0 saturated carbocycles. The summed E-state index contributed by atoms with van der Waals surface area (Å²) in [7, 11) is 0. The molecule has 0 bridgehead atoms. The number of benzene rings is 1. The van der Waals surface area contributed by atoms with Gasteiger partial charge in [0.15, 0.2) is 13.1 Å². The molecule has 1 atom stereocenters. The summed E-state index contributed by atoms with van der Waals surface area (Å²) in [6.45, 7) is 8.28. The van der Waals surface area contributed by atoms with E-state index < -0.39 is 0 Å². The Morgan fingerprint density at radius 1 is 1.12 bits per heavy atom. The molecule has 0 aliphatic carbocycles. The van der Waals surface area contributed by atoms with E-state index in [0.29, 0.717) is 17.3 Å². The standard InChI is InChI=1S/C18H27ClN4O3/c1-5-23(10-17(25)20-9-16(24)21-12(2)3)11-18(26)22-15-8-14(19)7-6-13(15)4/h6-8,12H,5,9-11H2,1-4H3,(H,20,25)(H,21,24)(H,22,26)/p+1. The number of quaternary nitrogens is 1. The summed E-state index contributed by atoms with van der Waals surface area (Å²) in [6.07, 6.45) is 0. The van der Waals surface area contributed by atoms with Gasteiger partial charge in [-0.25, -0.2) is 0 Å². The minimum absolute atomic E-state index is 0.0239. The van der Waals surface area contributed by atoms with Crippen LogP contribution >= 0.6 is 11.6 Å². The van der Waals surface area contributed by atoms with Gasteiger partial charge in [0, 0.05) is 16.8 Å². The number of hydrogen-bond acceptors (Lipinski definition) is 3. The summed E-state index contributed by atoms with van der Waals surface area (Å²) in [5.74, 6) is -0.703. The van der Waals surface area contributed by atoms with Gasteiger partial charge in [0.1, 0.15) is 0 Å². The number of amides is 3. The zero-order valence-corrected chi connectivity index (χ0v) is 16.5. The van der Waals surface area contributed by atoms with Crippen LogP contribution in [-0.2, 0) is 14.4 Å². The maximum Gasteiger partial charge on any atom is 0.279 e. The van der Waals surface area contributed by atoms with Crippen molar-refractivity contribution in [2.45, 2.75) is 33.7 Å². The predicted octanol–water partition coefficient (Wildman–Crippen LogP) is 0.133. The molecule has 1 rings (SSSR count). The van der Waals surface area contributed by atoms with Crippen molar-refractivity contribution in [2.24, 2.45) is 0 Å². The van der Waals surface area contributed by atoms with E-state index in [4.69, 9.17) is 11.6 Å². The molecule has 4 N–H and O–H groups in total. The second-order valence-electron chi connectivity index (χ2n) is 6.46. The fourth-order valence-electron chi connectivity index (χ4n) is 2.30. The van der Waals surface area contributed by atoms with Crippen LogP contribution in [0.1, 0.15) is 26.3 Å². The molecule has 1 aromatic carbocycles. The molecule has 144 valence electrons. The van der Waals surface area contributed by atoms with Crippen molar-refractivity contribution in [2.75, 3.05) is 31.5 Å². The van der Waals surface area contributed by atoms with Gasteiger partial charge >= 0.3 is 0 Å². The molecular formula is C18H28ClN4O3+. The molecule has 0 spiro atoms. The maximum atomic E-state index is 12.2. The van der Waals surface area contributed by atoms with E-state index in [2.05, 4.69) is 16.0 Å². The van der Waals surface area contributed by atoms with Gasteiger partial charge in [-0.3, -0.25) is 14.4 Å². The minimum Gasteiger partial charge on any atom is -0.352 e. The lowest BCUT2D eigenvalue weighted by Gasteiger charge is -2.17. The van der Waals surface area contributed by atoms with E-state index in [0.717, 1.165) is 10.5 Å². The van der Waals surface area contributed by atoms with Gasteiger partial charge < -0.3 is 20.9 Å². The number of nitrogens with one attached hydrogen (secondary N) is 4. The average molecular weight is 384 g/mol. The molecular weight excluding hydrogens is 356 g/mol. The summed E-state index contributed by atoms with van der Waals surface area (Å²) < 4.78 is 0. The molecule has 26 heavy (non-hydrogen) atoms. The zero-order chi connectivity index (χ0) is 19.7. The van der Waals surface area contributed by atoms with Gasteiger partial charge in [0.25, 0.3) is 11.8 Å². The Morgan fingerprint density at radius 3 is 2.38 bits per heavy atom. The molecule has 0 aliphatic heterocycles. The number of carbonyl (C=O) groups excluding carboxylic acids is 3. The van der Waals surface area contributed by atoms with Crippen molar-refractivity contribution < 1.29 is 19.3 Å². The van der Waals surface area contributed by atoms with Crippen molar-refractivity contribution in [1.29, 1.82) is 0 Å². The molecule has 0 fully saturated rings. The summed E-state index contributed by atoms with van der Waals surface area (Å²) >= 11 is 5.95. The van der Waals surface area contributed by atoms with Gasteiger partial charge in [-0.15, -0.1) is 0 Å². The Hall–Kier alpha value is -2.12. The first kappa shape index (κ1) is 21.9. The van der Waals surface area contributed by atoms with Crippen molar-refractivity contribution in [3.8, 4) is 0 Å². The molecule has 7 nitrogen and oxygen atoms in total. The Bertz CT molecular complexity index is 649. The highest BCUT2D eigenvalue weighted by Gasteiger charge is 2.18. The fourth-order valence-corrected chi connectivity index (χ4v) is 2.48. The van der Waals surface area contributed by atoms with E-state index in [1.165, 1.54) is 0 Å². The molecule has 0 heterocycles. The van der Waals surface area contributed by atoms with Gasteiger partial charge in [0.05, 0.1) is 13.1 Å². The smallest absolute Gasteiger partial charge is 0.279 e. The SMILES string of the molecule is CC[NH+](CC(=O)NCC(=O)NC(C)C)CC(=O)Nc1cc(Cl)ccc1C. The molecule has 0 aliphatic rings. The highest BCUT2D eigenvalue weighted by Crippen LogP contribution is 2.19. The van der Waals surface area contributed by atoms with Gasteiger partial charge in [0.2, 0.25) is 5.91 Å². The highest BCUT2D eigenvalue weighted by atomic mass is 35.5. The first-order chi connectivity index (χ1) is 12.2. The Labute approximate surface area is 159 Å². The average Bonchev–Trinajstić information content (AvgIpc) is 2.55. The summed E-state index contributed by atoms with van der Waals surface area (Å²) in [5, 5.41) is 8.64. The third-order valence-corrected chi connectivity index (χ3v) is 3.93. The molecule has 8 heteroatoms. The Morgan fingerprint density at radius 2 is 1.77 bits per heavy atom. The van der Waals surface area contributed by atoms with Crippen LogP contribution in [0.5, 0.6) is 0 Å². The van der Waals surface area contributed by atoms with Crippen LogP contribution in [0.15, 0.2) is 18.2 Å². The van der Waals surface area contributed by atoms with Gasteiger partial charge in [-0.05, 0) is 45.4 Å². The van der Waals surface area contributed by atoms with Crippen LogP contribution in [0.2, 0.25) is 5.02 Å². The van der Waals surface area contributed by atoms with Crippen LogP contribution in [0, 0.1) is 6.92 Å². The zero-order valence-electron chi connectivity index (χ0n) is 15.7. The van der Waals surface area contributed by atoms with E-state index in [1.54, 1.807) is 12.1 Å². The van der Waals surface area contributed by atoms with Crippen molar-refractivity contribution in [3.63, 3.8) is 0 Å². The number of carbonyl (C=O) groups is 3. The summed E-state index contributed by atoms with van der Waals surface area (Å²) in [5.41, 5.74) is 1.57. The summed E-state index contributed by atoms with van der Waals surface area (Å²) in [6, 6.07) is 5.31. The lowest BCUT2D eigenvalue weighted by Crippen LogP contribution is -3.14. The topological polar surface area (TPSA) is 91.7 Å². The number of hydrogen-bond donors (Lipinski definition) is 4. The van der Waals surface area contributed by atoms with E-state index in [9.17, 15) is 14.4 Å². The second-order valence-corrected chi connectivity index (χ2v) is 6.90. The van der Waals surface area contributed by atoms with Crippen molar-refractivity contribution in [3.05, 3.63) is 28.8 Å². The van der Waals surface area contributed by atoms with Crippen LogP contribution < -0.4 is 20.9 Å². The molecule has 1 aromatic rings. The fraction of sp³-hybridized carbons (Fsp3) is 0.500. The monoisotopic (exact) mass is 383 g/mol. The largest absolute Gasteiger partial charge is 0.352 e. The van der Waals surface area contributed by atoms with Crippen molar-refractivity contribution in [1.82, 2.24) is 10.6 Å².